The molecule has 0 saturated heterocycles. The van der Waals surface area contributed by atoms with Crippen LogP contribution in [0.1, 0.15) is 11.1 Å². The van der Waals surface area contributed by atoms with Crippen molar-refractivity contribution in [3.8, 4) is 17.2 Å². The van der Waals surface area contributed by atoms with Crippen LogP contribution in [-0.4, -0.2) is 8.42 Å². The second-order valence-corrected chi connectivity index (χ2v) is 9.09. The van der Waals surface area contributed by atoms with Crippen molar-refractivity contribution in [2.24, 2.45) is 0 Å². The van der Waals surface area contributed by atoms with Crippen molar-refractivity contribution < 1.29 is 17.9 Å². The molecule has 156 valence electrons. The van der Waals surface area contributed by atoms with Crippen molar-refractivity contribution in [1.29, 1.82) is 0 Å². The molecule has 4 nitrogen and oxygen atoms in total. The zero-order valence-electron chi connectivity index (χ0n) is 17.1. The first-order valence-electron chi connectivity index (χ1n) is 9.87. The molecule has 0 aromatic heterocycles. The quantitative estimate of drug-likeness (QED) is 0.350. The molecular weight excluding hydrogens is 408 g/mol. The Bertz CT molecular complexity index is 1230. The van der Waals surface area contributed by atoms with Crippen molar-refractivity contribution in [2.75, 3.05) is 0 Å². The Morgan fingerprint density at radius 2 is 1.10 bits per heavy atom. The Kier molecular flexibility index (Phi) is 6.05. The van der Waals surface area contributed by atoms with Crippen molar-refractivity contribution in [3.63, 3.8) is 0 Å². The number of benzene rings is 4. The summed E-state index contributed by atoms with van der Waals surface area (Å²) < 4.78 is 37.1. The number of ether oxygens (including phenoxy) is 2. The molecule has 0 aliphatic carbocycles. The Morgan fingerprint density at radius 3 is 1.68 bits per heavy atom. The van der Waals surface area contributed by atoms with Gasteiger partial charge in [0.15, 0.2) is 0 Å². The fourth-order valence-corrected chi connectivity index (χ4v) is 4.28. The van der Waals surface area contributed by atoms with Gasteiger partial charge >= 0.3 is 0 Å². The van der Waals surface area contributed by atoms with Crippen molar-refractivity contribution in [2.45, 2.75) is 23.3 Å². The van der Waals surface area contributed by atoms with Crippen LogP contribution < -0.4 is 9.47 Å². The summed E-state index contributed by atoms with van der Waals surface area (Å²) in [6.07, 6.45) is 0. The number of hydrogen-bond acceptors (Lipinski definition) is 4. The molecule has 0 spiro atoms. The smallest absolute Gasteiger partial charge is 0.206 e. The fourth-order valence-electron chi connectivity index (χ4n) is 3.02. The highest BCUT2D eigenvalue weighted by Gasteiger charge is 2.17. The zero-order chi connectivity index (χ0) is 21.7. The lowest BCUT2D eigenvalue weighted by Gasteiger charge is -2.10. The average molecular weight is 431 g/mol. The van der Waals surface area contributed by atoms with Gasteiger partial charge in [0.05, 0.1) is 9.79 Å². The molecular formula is C26H22O4S. The van der Waals surface area contributed by atoms with Gasteiger partial charge in [0.1, 0.15) is 23.9 Å². The summed E-state index contributed by atoms with van der Waals surface area (Å²) in [7, 11) is -3.55. The molecule has 0 amide bonds. The normalized spacial score (nSPS) is 11.1. The molecule has 0 bridgehead atoms. The number of rotatable bonds is 7. The minimum absolute atomic E-state index is 0.230. The predicted octanol–water partition coefficient (Wildman–Crippen LogP) is 6.20. The molecule has 0 radical (unpaired) electrons. The van der Waals surface area contributed by atoms with E-state index < -0.39 is 9.84 Å². The largest absolute Gasteiger partial charge is 0.489 e. The molecule has 0 aliphatic rings. The monoisotopic (exact) mass is 430 g/mol. The standard InChI is InChI=1S/C26H22O4S/c1-20-7-15-25(16-8-20)31(27,28)26-17-13-24(14-18-26)30-23-11-9-22(10-12-23)29-19-21-5-3-2-4-6-21/h2-18H,19H2,1H3. The van der Waals surface area contributed by atoms with E-state index in [4.69, 9.17) is 9.47 Å². The molecule has 0 atom stereocenters. The third-order valence-electron chi connectivity index (χ3n) is 4.77. The van der Waals surface area contributed by atoms with Gasteiger partial charge < -0.3 is 9.47 Å². The van der Waals surface area contributed by atoms with Crippen LogP contribution in [0.5, 0.6) is 17.2 Å². The highest BCUT2D eigenvalue weighted by Crippen LogP contribution is 2.27. The van der Waals surface area contributed by atoms with Crippen LogP contribution in [-0.2, 0) is 16.4 Å². The molecule has 0 saturated carbocycles. The highest BCUT2D eigenvalue weighted by molar-refractivity contribution is 7.91. The SMILES string of the molecule is Cc1ccc(S(=O)(=O)c2ccc(Oc3ccc(OCc4ccccc4)cc3)cc2)cc1. The van der Waals surface area contributed by atoms with Gasteiger partial charge in [-0.25, -0.2) is 8.42 Å². The summed E-state index contributed by atoms with van der Waals surface area (Å²) in [6.45, 7) is 2.42. The van der Waals surface area contributed by atoms with E-state index in [2.05, 4.69) is 0 Å². The van der Waals surface area contributed by atoms with E-state index in [-0.39, 0.29) is 9.79 Å². The molecule has 4 aromatic carbocycles. The first-order valence-corrected chi connectivity index (χ1v) is 11.4. The first-order chi connectivity index (χ1) is 15.0. The number of aryl methyl sites for hydroxylation is 1. The fraction of sp³-hybridized carbons (Fsp3) is 0.0769. The van der Waals surface area contributed by atoms with Gasteiger partial charge in [-0.15, -0.1) is 0 Å². The first kappa shape index (κ1) is 20.7. The maximum Gasteiger partial charge on any atom is 0.206 e. The average Bonchev–Trinajstić information content (AvgIpc) is 2.80. The van der Waals surface area contributed by atoms with E-state index in [1.807, 2.05) is 61.5 Å². The van der Waals surface area contributed by atoms with Crippen LogP contribution in [0.25, 0.3) is 0 Å². The third-order valence-corrected chi connectivity index (χ3v) is 6.56. The van der Waals surface area contributed by atoms with Crippen LogP contribution in [0.15, 0.2) is 113 Å². The highest BCUT2D eigenvalue weighted by atomic mass is 32.2. The predicted molar refractivity (Wildman–Crippen MR) is 120 cm³/mol. The summed E-state index contributed by atoms with van der Waals surface area (Å²) in [4.78, 5) is 0.506. The Morgan fingerprint density at radius 1 is 0.613 bits per heavy atom. The zero-order valence-corrected chi connectivity index (χ0v) is 17.9. The Labute approximate surface area is 182 Å². The topological polar surface area (TPSA) is 52.6 Å². The van der Waals surface area contributed by atoms with Crippen molar-refractivity contribution in [3.05, 3.63) is 114 Å². The lowest BCUT2D eigenvalue weighted by atomic mass is 10.2. The third kappa shape index (κ3) is 5.13. The van der Waals surface area contributed by atoms with Crippen LogP contribution in [0, 0.1) is 6.92 Å². The van der Waals surface area contributed by atoms with E-state index in [1.54, 1.807) is 48.5 Å². The van der Waals surface area contributed by atoms with E-state index in [0.29, 0.717) is 18.1 Å². The lowest BCUT2D eigenvalue weighted by molar-refractivity contribution is 0.306. The number of hydrogen-bond donors (Lipinski definition) is 0. The van der Waals surface area contributed by atoms with Crippen molar-refractivity contribution in [1.82, 2.24) is 0 Å². The van der Waals surface area contributed by atoms with Gasteiger partial charge in [0, 0.05) is 0 Å². The molecule has 0 heterocycles. The van der Waals surface area contributed by atoms with Crippen LogP contribution in [0.2, 0.25) is 0 Å². The minimum Gasteiger partial charge on any atom is -0.489 e. The van der Waals surface area contributed by atoms with E-state index in [1.165, 1.54) is 0 Å². The van der Waals surface area contributed by atoms with E-state index in [0.717, 1.165) is 16.9 Å². The molecule has 5 heteroatoms. The van der Waals surface area contributed by atoms with Gasteiger partial charge in [-0.3, -0.25) is 0 Å². The summed E-state index contributed by atoms with van der Waals surface area (Å²) >= 11 is 0. The lowest BCUT2D eigenvalue weighted by Crippen LogP contribution is -2.01. The van der Waals surface area contributed by atoms with Gasteiger partial charge in [0.25, 0.3) is 0 Å². The summed E-state index contributed by atoms with van der Waals surface area (Å²) in [5.74, 6) is 1.94. The van der Waals surface area contributed by atoms with Gasteiger partial charge in [-0.05, 0) is 73.2 Å². The molecule has 0 unspecified atom stereocenters. The minimum atomic E-state index is -3.55. The van der Waals surface area contributed by atoms with Crippen LogP contribution >= 0.6 is 0 Å². The number of sulfone groups is 1. The van der Waals surface area contributed by atoms with Gasteiger partial charge in [-0.1, -0.05) is 48.0 Å². The van der Waals surface area contributed by atoms with Crippen molar-refractivity contribution >= 4 is 9.84 Å². The van der Waals surface area contributed by atoms with Gasteiger partial charge in [0.2, 0.25) is 9.84 Å². The Hall–Kier alpha value is -3.57. The molecule has 4 aromatic rings. The summed E-state index contributed by atoms with van der Waals surface area (Å²) in [5, 5.41) is 0. The van der Waals surface area contributed by atoms with E-state index in [9.17, 15) is 8.42 Å². The second-order valence-electron chi connectivity index (χ2n) is 7.14. The molecule has 4 rings (SSSR count). The second kappa shape index (κ2) is 9.06. The van der Waals surface area contributed by atoms with Crippen LogP contribution in [0.3, 0.4) is 0 Å². The molecule has 0 fully saturated rings. The van der Waals surface area contributed by atoms with Crippen LogP contribution in [0.4, 0.5) is 0 Å². The molecule has 0 aliphatic heterocycles. The molecule has 31 heavy (non-hydrogen) atoms. The summed E-state index contributed by atoms with van der Waals surface area (Å²) in [6, 6.07) is 30.5. The Balaban J connectivity index is 1.40. The summed E-state index contributed by atoms with van der Waals surface area (Å²) in [5.41, 5.74) is 2.11. The van der Waals surface area contributed by atoms with E-state index >= 15 is 0 Å². The maximum atomic E-state index is 12.8. The maximum absolute atomic E-state index is 12.8. The molecule has 0 N–H and O–H groups in total. The van der Waals surface area contributed by atoms with Gasteiger partial charge in [-0.2, -0.15) is 0 Å².